The lowest BCUT2D eigenvalue weighted by atomic mass is 10.2. The first-order valence-electron chi connectivity index (χ1n) is 3.93. The van der Waals surface area contributed by atoms with Crippen LogP contribution in [0.25, 0.3) is 0 Å². The van der Waals surface area contributed by atoms with Crippen LogP contribution in [-0.4, -0.2) is 29.9 Å². The maximum atomic E-state index is 5.78. The molecule has 1 nitrogen and oxygen atoms in total. The number of nitrogens with zero attached hydrogens (tertiary/aromatic N) is 1. The van der Waals surface area contributed by atoms with Crippen LogP contribution in [0.5, 0.6) is 0 Å². The molecule has 0 amide bonds. The summed E-state index contributed by atoms with van der Waals surface area (Å²) in [6, 6.07) is 0.574. The molecule has 0 spiro atoms. The highest BCUT2D eigenvalue weighted by Crippen LogP contribution is 2.17. The summed E-state index contributed by atoms with van der Waals surface area (Å²) in [5.41, 5.74) is 1.57. The Labute approximate surface area is 78.0 Å². The lowest BCUT2D eigenvalue weighted by Crippen LogP contribution is -2.30. The molecule has 0 saturated carbocycles. The van der Waals surface area contributed by atoms with Crippen molar-refractivity contribution in [2.45, 2.75) is 18.9 Å². The van der Waals surface area contributed by atoms with Gasteiger partial charge < -0.3 is 0 Å². The summed E-state index contributed by atoms with van der Waals surface area (Å²) >= 11 is 11.2. The third-order valence-electron chi connectivity index (χ3n) is 2.11. The van der Waals surface area contributed by atoms with Crippen molar-refractivity contribution in [2.24, 2.45) is 0 Å². The number of halogens is 2. The van der Waals surface area contributed by atoms with Crippen LogP contribution < -0.4 is 0 Å². The van der Waals surface area contributed by atoms with Crippen LogP contribution in [0.4, 0.5) is 0 Å². The fraction of sp³-hybridized carbons (Fsp3) is 0.750. The maximum Gasteiger partial charge on any atom is 0.0379 e. The van der Waals surface area contributed by atoms with Gasteiger partial charge in [-0.25, -0.2) is 0 Å². The van der Waals surface area contributed by atoms with Crippen LogP contribution in [0.1, 0.15) is 12.8 Å². The van der Waals surface area contributed by atoms with Gasteiger partial charge in [0.2, 0.25) is 0 Å². The van der Waals surface area contributed by atoms with E-state index in [9.17, 15) is 0 Å². The highest BCUT2D eigenvalue weighted by Gasteiger charge is 2.21. The molecule has 64 valence electrons. The van der Waals surface area contributed by atoms with Gasteiger partial charge in [-0.3, -0.25) is 4.90 Å². The molecular weight excluding hydrogens is 181 g/mol. The first-order valence-corrected chi connectivity index (χ1v) is 4.91. The Morgan fingerprint density at radius 2 is 2.36 bits per heavy atom. The van der Waals surface area contributed by atoms with Gasteiger partial charge in [0, 0.05) is 24.0 Å². The second-order valence-corrected chi connectivity index (χ2v) is 3.37. The standard InChI is InChI=1S/C8H13Cl2N/c9-4-2-6-11-5-1-3-8(11)7-10/h2,4,8H,1,3,5-7H2/b4-2+. The van der Waals surface area contributed by atoms with Crippen molar-refractivity contribution in [2.75, 3.05) is 19.0 Å². The minimum Gasteiger partial charge on any atom is -0.296 e. The van der Waals surface area contributed by atoms with Crippen LogP contribution in [0, 0.1) is 0 Å². The Balaban J connectivity index is 2.31. The fourth-order valence-corrected chi connectivity index (χ4v) is 1.91. The highest BCUT2D eigenvalue weighted by molar-refractivity contribution is 6.25. The van der Waals surface area contributed by atoms with E-state index in [2.05, 4.69) is 4.90 Å². The molecular formula is C8H13Cl2N. The molecule has 1 heterocycles. The molecule has 0 bridgehead atoms. The number of hydrogen-bond acceptors (Lipinski definition) is 1. The summed E-state index contributed by atoms with van der Waals surface area (Å²) < 4.78 is 0. The van der Waals surface area contributed by atoms with E-state index >= 15 is 0 Å². The third kappa shape index (κ3) is 2.66. The van der Waals surface area contributed by atoms with Gasteiger partial charge in [-0.1, -0.05) is 17.7 Å². The van der Waals surface area contributed by atoms with E-state index in [0.717, 1.165) is 12.4 Å². The quantitative estimate of drug-likeness (QED) is 0.623. The predicted molar refractivity (Wildman–Crippen MR) is 50.3 cm³/mol. The van der Waals surface area contributed by atoms with E-state index in [1.165, 1.54) is 19.4 Å². The largest absolute Gasteiger partial charge is 0.296 e. The molecule has 0 aromatic heterocycles. The van der Waals surface area contributed by atoms with Crippen LogP contribution in [0.3, 0.4) is 0 Å². The van der Waals surface area contributed by atoms with Crippen LogP contribution in [0.2, 0.25) is 0 Å². The molecule has 11 heavy (non-hydrogen) atoms. The van der Waals surface area contributed by atoms with E-state index < -0.39 is 0 Å². The molecule has 1 aliphatic rings. The van der Waals surface area contributed by atoms with E-state index in [1.807, 2.05) is 6.08 Å². The van der Waals surface area contributed by atoms with E-state index in [4.69, 9.17) is 23.2 Å². The summed E-state index contributed by atoms with van der Waals surface area (Å²) in [6.07, 6.45) is 4.47. The average Bonchev–Trinajstić information content (AvgIpc) is 2.47. The van der Waals surface area contributed by atoms with Crippen LogP contribution in [0.15, 0.2) is 11.6 Å². The van der Waals surface area contributed by atoms with Crippen molar-refractivity contribution in [3.63, 3.8) is 0 Å². The summed E-state index contributed by atoms with van der Waals surface area (Å²) in [5.74, 6) is 0.746. The van der Waals surface area contributed by atoms with E-state index in [-0.39, 0.29) is 0 Å². The predicted octanol–water partition coefficient (Wildman–Crippen LogP) is 2.44. The first kappa shape index (κ1) is 9.37. The molecule has 1 unspecified atom stereocenters. The van der Waals surface area contributed by atoms with Gasteiger partial charge in [0.05, 0.1) is 0 Å². The van der Waals surface area contributed by atoms with Gasteiger partial charge in [0.15, 0.2) is 0 Å². The lowest BCUT2D eigenvalue weighted by Gasteiger charge is -2.20. The Bertz CT molecular complexity index is 136. The zero-order chi connectivity index (χ0) is 8.10. The summed E-state index contributed by atoms with van der Waals surface area (Å²) in [6.45, 7) is 2.11. The molecule has 1 saturated heterocycles. The first-order chi connectivity index (χ1) is 5.38. The molecule has 1 atom stereocenters. The fourth-order valence-electron chi connectivity index (χ4n) is 1.49. The van der Waals surface area contributed by atoms with Crippen molar-refractivity contribution in [3.05, 3.63) is 11.6 Å². The van der Waals surface area contributed by atoms with E-state index in [1.54, 1.807) is 5.54 Å². The second-order valence-electron chi connectivity index (χ2n) is 2.81. The molecule has 1 aliphatic heterocycles. The molecule has 0 aromatic rings. The Hall–Kier alpha value is 0.280. The van der Waals surface area contributed by atoms with Gasteiger partial charge >= 0.3 is 0 Å². The van der Waals surface area contributed by atoms with Crippen LogP contribution >= 0.6 is 23.2 Å². The topological polar surface area (TPSA) is 3.24 Å². The minimum atomic E-state index is 0.574. The second kappa shape index (κ2) is 5.02. The number of hydrogen-bond donors (Lipinski definition) is 0. The van der Waals surface area contributed by atoms with Crippen LogP contribution in [-0.2, 0) is 0 Å². The van der Waals surface area contributed by atoms with Gasteiger partial charge in [-0.15, -0.1) is 11.6 Å². The Morgan fingerprint density at radius 1 is 1.55 bits per heavy atom. The SMILES string of the molecule is Cl/C=C/CN1CCCC1CCl. The van der Waals surface area contributed by atoms with Crippen molar-refractivity contribution < 1.29 is 0 Å². The molecule has 3 heteroatoms. The Morgan fingerprint density at radius 3 is 3.00 bits per heavy atom. The maximum absolute atomic E-state index is 5.78. The summed E-state index contributed by atoms with van der Waals surface area (Å²) in [7, 11) is 0. The van der Waals surface area contributed by atoms with Crippen molar-refractivity contribution >= 4 is 23.2 Å². The minimum absolute atomic E-state index is 0.574. The number of rotatable bonds is 3. The van der Waals surface area contributed by atoms with Crippen molar-refractivity contribution in [3.8, 4) is 0 Å². The monoisotopic (exact) mass is 193 g/mol. The zero-order valence-corrected chi connectivity index (χ0v) is 7.98. The molecule has 0 aliphatic carbocycles. The van der Waals surface area contributed by atoms with Crippen molar-refractivity contribution in [1.29, 1.82) is 0 Å². The summed E-state index contributed by atoms with van der Waals surface area (Å²) in [5, 5.41) is 0. The van der Waals surface area contributed by atoms with Crippen molar-refractivity contribution in [1.82, 2.24) is 4.90 Å². The van der Waals surface area contributed by atoms with Gasteiger partial charge in [-0.05, 0) is 19.4 Å². The molecule has 1 rings (SSSR count). The average molecular weight is 194 g/mol. The van der Waals surface area contributed by atoms with E-state index in [0.29, 0.717) is 6.04 Å². The van der Waals surface area contributed by atoms with Gasteiger partial charge in [0.25, 0.3) is 0 Å². The normalized spacial score (nSPS) is 26.9. The smallest absolute Gasteiger partial charge is 0.0379 e. The number of likely N-dealkylation sites (tertiary alicyclic amines) is 1. The van der Waals surface area contributed by atoms with Gasteiger partial charge in [0.1, 0.15) is 0 Å². The molecule has 1 fully saturated rings. The third-order valence-corrected chi connectivity index (χ3v) is 2.64. The zero-order valence-electron chi connectivity index (χ0n) is 6.47. The lowest BCUT2D eigenvalue weighted by molar-refractivity contribution is 0.301. The molecule has 0 radical (unpaired) electrons. The Kier molecular flexibility index (Phi) is 4.28. The molecule has 0 N–H and O–H groups in total. The number of alkyl halides is 1. The highest BCUT2D eigenvalue weighted by atomic mass is 35.5. The summed E-state index contributed by atoms with van der Waals surface area (Å²) in [4.78, 5) is 2.37. The van der Waals surface area contributed by atoms with Gasteiger partial charge in [-0.2, -0.15) is 0 Å². The molecule has 0 aromatic carbocycles.